The smallest absolute Gasteiger partial charge is 0.0945 e. The Labute approximate surface area is 93.9 Å². The topological polar surface area (TPSA) is 69.7 Å². The monoisotopic (exact) mass is 230 g/mol. The maximum atomic E-state index is 9.28. The van der Waals surface area contributed by atoms with E-state index in [2.05, 4.69) is 0 Å². The highest BCUT2D eigenvalue weighted by Crippen LogP contribution is 2.25. The maximum absolute atomic E-state index is 9.28. The van der Waals surface area contributed by atoms with Gasteiger partial charge in [0.05, 0.1) is 24.1 Å². The molecule has 1 rings (SSSR count). The summed E-state index contributed by atoms with van der Waals surface area (Å²) in [5, 5.41) is 18.6. The summed E-state index contributed by atoms with van der Waals surface area (Å²) < 4.78 is 0. The molecule has 84 valence electrons. The molecule has 0 bridgehead atoms. The predicted molar refractivity (Wildman–Crippen MR) is 62.2 cm³/mol. The van der Waals surface area contributed by atoms with E-state index in [9.17, 15) is 5.11 Å². The molecule has 1 unspecified atom stereocenters. The van der Waals surface area contributed by atoms with E-state index >= 15 is 0 Å². The number of hydrogen-bond donors (Lipinski definition) is 3. The summed E-state index contributed by atoms with van der Waals surface area (Å²) in [6, 6.07) is 5.14. The molecule has 4 nitrogen and oxygen atoms in total. The fraction of sp³-hybridized carbons (Fsp3) is 0.400. The van der Waals surface area contributed by atoms with E-state index in [0.717, 1.165) is 5.69 Å². The van der Waals surface area contributed by atoms with Crippen LogP contribution in [0.4, 0.5) is 11.4 Å². The molecule has 1 aromatic rings. The number of benzene rings is 1. The van der Waals surface area contributed by atoms with Gasteiger partial charge in [0.2, 0.25) is 0 Å². The molecule has 1 aromatic carbocycles. The van der Waals surface area contributed by atoms with Gasteiger partial charge in [-0.15, -0.1) is 0 Å². The molecule has 4 N–H and O–H groups in total. The van der Waals surface area contributed by atoms with Gasteiger partial charge in [0.15, 0.2) is 0 Å². The quantitative estimate of drug-likeness (QED) is 0.667. The minimum absolute atomic E-state index is 0.273. The molecule has 0 aliphatic heterocycles. The molecule has 15 heavy (non-hydrogen) atoms. The van der Waals surface area contributed by atoms with Crippen molar-refractivity contribution in [2.24, 2.45) is 0 Å². The van der Waals surface area contributed by atoms with E-state index in [1.165, 1.54) is 0 Å². The lowest BCUT2D eigenvalue weighted by Gasteiger charge is -2.23. The van der Waals surface area contributed by atoms with Gasteiger partial charge in [0.1, 0.15) is 0 Å². The summed E-state index contributed by atoms with van der Waals surface area (Å²) in [6.45, 7) is 0.0336. The van der Waals surface area contributed by atoms with Gasteiger partial charge in [-0.05, 0) is 18.2 Å². The molecule has 0 saturated carbocycles. The predicted octanol–water partition coefficient (Wildman–Crippen LogP) is 0.712. The van der Waals surface area contributed by atoms with Crippen LogP contribution < -0.4 is 10.6 Å². The van der Waals surface area contributed by atoms with Crippen LogP contribution in [0.5, 0.6) is 0 Å². The fourth-order valence-electron chi connectivity index (χ4n) is 1.32. The summed E-state index contributed by atoms with van der Waals surface area (Å²) in [6.07, 6.45) is -0.784. The minimum atomic E-state index is -0.784. The van der Waals surface area contributed by atoms with E-state index in [1.807, 2.05) is 0 Å². The van der Waals surface area contributed by atoms with E-state index in [-0.39, 0.29) is 6.61 Å². The third kappa shape index (κ3) is 3.27. The third-order valence-electron chi connectivity index (χ3n) is 2.10. The van der Waals surface area contributed by atoms with Crippen LogP contribution in [0.15, 0.2) is 18.2 Å². The van der Waals surface area contributed by atoms with E-state index in [4.69, 9.17) is 22.4 Å². The first-order chi connectivity index (χ1) is 7.04. The number of likely N-dealkylation sites (N-methyl/N-ethyl adjacent to an activating group) is 1. The zero-order valence-corrected chi connectivity index (χ0v) is 9.28. The molecule has 0 amide bonds. The highest BCUT2D eigenvalue weighted by molar-refractivity contribution is 6.31. The number of rotatable bonds is 4. The molecule has 0 heterocycles. The number of anilines is 2. The van der Waals surface area contributed by atoms with Crippen molar-refractivity contribution in [2.45, 2.75) is 6.10 Å². The van der Waals surface area contributed by atoms with Crippen molar-refractivity contribution in [3.05, 3.63) is 23.2 Å². The molecule has 0 radical (unpaired) electrons. The molecule has 0 spiro atoms. The van der Waals surface area contributed by atoms with Crippen molar-refractivity contribution in [3.8, 4) is 0 Å². The van der Waals surface area contributed by atoms with Crippen LogP contribution in [0.3, 0.4) is 0 Å². The Morgan fingerprint density at radius 2 is 2.20 bits per heavy atom. The van der Waals surface area contributed by atoms with Crippen LogP contribution in [0.2, 0.25) is 5.02 Å². The van der Waals surface area contributed by atoms with Crippen molar-refractivity contribution in [1.29, 1.82) is 0 Å². The molecule has 0 fully saturated rings. The van der Waals surface area contributed by atoms with Gasteiger partial charge in [0, 0.05) is 18.6 Å². The largest absolute Gasteiger partial charge is 0.397 e. The van der Waals surface area contributed by atoms with Gasteiger partial charge >= 0.3 is 0 Å². The van der Waals surface area contributed by atoms with Crippen LogP contribution >= 0.6 is 11.6 Å². The lowest BCUT2D eigenvalue weighted by molar-refractivity contribution is 0.101. The molecular formula is C10H15ClN2O2. The molecular weight excluding hydrogens is 216 g/mol. The Bertz CT molecular complexity index is 333. The number of nitrogen functional groups attached to an aromatic ring is 1. The number of aliphatic hydroxyl groups is 2. The van der Waals surface area contributed by atoms with Crippen molar-refractivity contribution >= 4 is 23.0 Å². The summed E-state index contributed by atoms with van der Waals surface area (Å²) in [7, 11) is 1.78. The SMILES string of the molecule is CN(CC(O)CO)c1cc(Cl)ccc1N. The molecule has 0 aliphatic rings. The van der Waals surface area contributed by atoms with Gasteiger partial charge in [-0.1, -0.05) is 11.6 Å². The molecule has 0 aliphatic carbocycles. The number of nitrogens with two attached hydrogens (primary N) is 1. The van der Waals surface area contributed by atoms with Crippen molar-refractivity contribution in [2.75, 3.05) is 30.8 Å². The second-order valence-electron chi connectivity index (χ2n) is 3.42. The van der Waals surface area contributed by atoms with Gasteiger partial charge in [-0.25, -0.2) is 0 Å². The Hall–Kier alpha value is -0.970. The first-order valence-corrected chi connectivity index (χ1v) is 4.97. The average molecular weight is 231 g/mol. The third-order valence-corrected chi connectivity index (χ3v) is 2.33. The van der Waals surface area contributed by atoms with Crippen LogP contribution in [0.1, 0.15) is 0 Å². The average Bonchev–Trinajstić information content (AvgIpc) is 2.21. The van der Waals surface area contributed by atoms with Gasteiger partial charge in [-0.2, -0.15) is 0 Å². The fourth-order valence-corrected chi connectivity index (χ4v) is 1.49. The minimum Gasteiger partial charge on any atom is -0.397 e. The molecule has 0 aromatic heterocycles. The highest BCUT2D eigenvalue weighted by Gasteiger charge is 2.10. The Kier molecular flexibility index (Phi) is 4.20. The first-order valence-electron chi connectivity index (χ1n) is 4.59. The molecule has 0 saturated heterocycles. The molecule has 5 heteroatoms. The van der Waals surface area contributed by atoms with Crippen molar-refractivity contribution < 1.29 is 10.2 Å². The maximum Gasteiger partial charge on any atom is 0.0945 e. The van der Waals surface area contributed by atoms with Crippen LogP contribution in [0, 0.1) is 0 Å². The van der Waals surface area contributed by atoms with Gasteiger partial charge < -0.3 is 20.8 Å². The highest BCUT2D eigenvalue weighted by atomic mass is 35.5. The lowest BCUT2D eigenvalue weighted by atomic mass is 10.2. The van der Waals surface area contributed by atoms with Crippen LogP contribution in [0.25, 0.3) is 0 Å². The number of hydrogen-bond acceptors (Lipinski definition) is 4. The zero-order chi connectivity index (χ0) is 11.4. The van der Waals surface area contributed by atoms with Crippen LogP contribution in [-0.2, 0) is 0 Å². The van der Waals surface area contributed by atoms with Crippen LogP contribution in [-0.4, -0.2) is 36.5 Å². The van der Waals surface area contributed by atoms with Gasteiger partial charge in [0.25, 0.3) is 0 Å². The van der Waals surface area contributed by atoms with Crippen molar-refractivity contribution in [3.63, 3.8) is 0 Å². The first kappa shape index (κ1) is 12.1. The summed E-state index contributed by atoms with van der Waals surface area (Å²) >= 11 is 5.84. The van der Waals surface area contributed by atoms with E-state index in [0.29, 0.717) is 17.3 Å². The van der Waals surface area contributed by atoms with E-state index < -0.39 is 6.10 Å². The number of halogens is 1. The second kappa shape index (κ2) is 5.21. The lowest BCUT2D eigenvalue weighted by Crippen LogP contribution is -2.31. The zero-order valence-electron chi connectivity index (χ0n) is 8.52. The van der Waals surface area contributed by atoms with E-state index in [1.54, 1.807) is 30.1 Å². The van der Waals surface area contributed by atoms with Gasteiger partial charge in [-0.3, -0.25) is 0 Å². The summed E-state index contributed by atoms with van der Waals surface area (Å²) in [5.41, 5.74) is 7.10. The number of aliphatic hydroxyl groups excluding tert-OH is 2. The summed E-state index contributed by atoms with van der Waals surface area (Å²) in [5.74, 6) is 0. The number of nitrogens with zero attached hydrogens (tertiary/aromatic N) is 1. The van der Waals surface area contributed by atoms with Crippen molar-refractivity contribution in [1.82, 2.24) is 0 Å². The summed E-state index contributed by atoms with van der Waals surface area (Å²) in [4.78, 5) is 1.75. The Morgan fingerprint density at radius 3 is 2.80 bits per heavy atom. The Balaban J connectivity index is 2.80. The molecule has 1 atom stereocenters. The normalized spacial score (nSPS) is 12.5. The standard InChI is InChI=1S/C10H15ClN2O2/c1-13(5-8(15)6-14)10-4-7(11)2-3-9(10)12/h2-4,8,14-15H,5-6,12H2,1H3. The second-order valence-corrected chi connectivity index (χ2v) is 3.86. The Morgan fingerprint density at radius 1 is 1.53 bits per heavy atom.